The molecular formula is C16H19NO4. The number of aryl methyl sites for hydroxylation is 1. The first-order chi connectivity index (χ1) is 9.95. The van der Waals surface area contributed by atoms with Crippen LogP contribution in [0.15, 0.2) is 41.0 Å². The summed E-state index contributed by atoms with van der Waals surface area (Å²) >= 11 is 0. The SMILES string of the molecule is Cc1cc(O)cc(C(=O)N[C@@H](C)C[C@@H](O)c2ccco2)c1. The first-order valence-corrected chi connectivity index (χ1v) is 6.78. The molecule has 0 bridgehead atoms. The van der Waals surface area contributed by atoms with Gasteiger partial charge in [-0.2, -0.15) is 0 Å². The maximum absolute atomic E-state index is 12.1. The minimum absolute atomic E-state index is 0.0587. The summed E-state index contributed by atoms with van der Waals surface area (Å²) < 4.78 is 5.12. The van der Waals surface area contributed by atoms with Crippen LogP contribution in [0, 0.1) is 6.92 Å². The van der Waals surface area contributed by atoms with Crippen LogP contribution in [-0.4, -0.2) is 22.2 Å². The Morgan fingerprint density at radius 3 is 2.76 bits per heavy atom. The monoisotopic (exact) mass is 289 g/mol. The van der Waals surface area contributed by atoms with Gasteiger partial charge < -0.3 is 19.9 Å². The fraction of sp³-hybridized carbons (Fsp3) is 0.312. The van der Waals surface area contributed by atoms with E-state index in [1.54, 1.807) is 38.1 Å². The molecule has 0 saturated heterocycles. The number of amides is 1. The third-order valence-electron chi connectivity index (χ3n) is 3.15. The van der Waals surface area contributed by atoms with Gasteiger partial charge in [-0.25, -0.2) is 0 Å². The Kier molecular flexibility index (Phi) is 4.65. The Balaban J connectivity index is 1.95. The molecule has 112 valence electrons. The molecule has 0 saturated carbocycles. The first-order valence-electron chi connectivity index (χ1n) is 6.78. The van der Waals surface area contributed by atoms with Gasteiger partial charge in [0.05, 0.1) is 6.26 Å². The molecule has 0 spiro atoms. The van der Waals surface area contributed by atoms with E-state index in [1.807, 2.05) is 0 Å². The van der Waals surface area contributed by atoms with Crippen molar-refractivity contribution in [1.82, 2.24) is 5.32 Å². The lowest BCUT2D eigenvalue weighted by molar-refractivity contribution is 0.0902. The maximum Gasteiger partial charge on any atom is 0.251 e. The number of nitrogens with one attached hydrogen (secondary N) is 1. The lowest BCUT2D eigenvalue weighted by Crippen LogP contribution is -2.33. The number of benzene rings is 1. The average Bonchev–Trinajstić information content (AvgIpc) is 2.91. The predicted molar refractivity (Wildman–Crippen MR) is 78.1 cm³/mol. The van der Waals surface area contributed by atoms with Crippen LogP contribution >= 0.6 is 0 Å². The Hall–Kier alpha value is -2.27. The van der Waals surface area contributed by atoms with E-state index in [2.05, 4.69) is 5.32 Å². The summed E-state index contributed by atoms with van der Waals surface area (Å²) in [4.78, 5) is 12.1. The first kappa shape index (κ1) is 15.1. The highest BCUT2D eigenvalue weighted by Crippen LogP contribution is 2.19. The zero-order valence-electron chi connectivity index (χ0n) is 12.0. The number of aliphatic hydroxyl groups is 1. The lowest BCUT2D eigenvalue weighted by Gasteiger charge is -2.17. The predicted octanol–water partition coefficient (Wildman–Crippen LogP) is 2.54. The zero-order valence-corrected chi connectivity index (χ0v) is 12.0. The smallest absolute Gasteiger partial charge is 0.251 e. The summed E-state index contributed by atoms with van der Waals surface area (Å²) in [7, 11) is 0. The standard InChI is InChI=1S/C16H19NO4/c1-10-6-12(9-13(18)7-10)16(20)17-11(2)8-14(19)15-4-3-5-21-15/h3-7,9,11,14,18-19H,8H2,1-2H3,(H,17,20)/t11-,14+/m0/s1. The second kappa shape index (κ2) is 6.45. The zero-order chi connectivity index (χ0) is 15.4. The Morgan fingerprint density at radius 2 is 2.14 bits per heavy atom. The molecule has 0 fully saturated rings. The van der Waals surface area contributed by atoms with Gasteiger partial charge >= 0.3 is 0 Å². The molecule has 1 aromatic carbocycles. The number of aliphatic hydroxyl groups excluding tert-OH is 1. The number of aromatic hydroxyl groups is 1. The van der Waals surface area contributed by atoms with Crippen molar-refractivity contribution < 1.29 is 19.4 Å². The van der Waals surface area contributed by atoms with Gasteiger partial charge in [0.1, 0.15) is 17.6 Å². The number of carbonyl (C=O) groups excluding carboxylic acids is 1. The summed E-state index contributed by atoms with van der Waals surface area (Å²) in [6, 6.07) is 7.86. The molecule has 5 nitrogen and oxygen atoms in total. The van der Waals surface area contributed by atoms with Crippen molar-refractivity contribution in [2.75, 3.05) is 0 Å². The number of phenols is 1. The average molecular weight is 289 g/mol. The molecule has 1 aromatic heterocycles. The molecule has 2 rings (SSSR count). The summed E-state index contributed by atoms with van der Waals surface area (Å²) in [5.74, 6) is 0.251. The molecule has 3 N–H and O–H groups in total. The van der Waals surface area contributed by atoms with Gasteiger partial charge in [0, 0.05) is 18.0 Å². The van der Waals surface area contributed by atoms with Gasteiger partial charge in [0.2, 0.25) is 0 Å². The molecule has 0 unspecified atom stereocenters. The Morgan fingerprint density at radius 1 is 1.38 bits per heavy atom. The van der Waals surface area contributed by atoms with Gasteiger partial charge in [0.25, 0.3) is 5.91 Å². The van der Waals surface area contributed by atoms with E-state index < -0.39 is 6.10 Å². The van der Waals surface area contributed by atoms with E-state index in [1.165, 1.54) is 12.3 Å². The molecule has 2 atom stereocenters. The molecule has 1 amide bonds. The largest absolute Gasteiger partial charge is 0.508 e. The van der Waals surface area contributed by atoms with Crippen LogP contribution in [0.2, 0.25) is 0 Å². The summed E-state index contributed by atoms with van der Waals surface area (Å²) in [5, 5.41) is 22.3. The van der Waals surface area contributed by atoms with Crippen molar-refractivity contribution in [2.45, 2.75) is 32.4 Å². The minimum Gasteiger partial charge on any atom is -0.508 e. The van der Waals surface area contributed by atoms with Crippen LogP contribution in [0.4, 0.5) is 0 Å². The minimum atomic E-state index is -0.763. The van der Waals surface area contributed by atoms with E-state index >= 15 is 0 Å². The summed E-state index contributed by atoms with van der Waals surface area (Å²) in [5.41, 5.74) is 1.20. The lowest BCUT2D eigenvalue weighted by atomic mass is 10.1. The summed E-state index contributed by atoms with van der Waals surface area (Å²) in [6.45, 7) is 3.61. The normalized spacial score (nSPS) is 13.7. The quantitative estimate of drug-likeness (QED) is 0.790. The number of hydrogen-bond donors (Lipinski definition) is 3. The van der Waals surface area contributed by atoms with Crippen LogP contribution in [0.3, 0.4) is 0 Å². The van der Waals surface area contributed by atoms with E-state index in [0.29, 0.717) is 17.7 Å². The molecular weight excluding hydrogens is 270 g/mol. The highest BCUT2D eigenvalue weighted by molar-refractivity contribution is 5.94. The molecule has 2 aromatic rings. The third kappa shape index (κ3) is 4.10. The van der Waals surface area contributed by atoms with Gasteiger partial charge in [-0.05, 0) is 49.7 Å². The van der Waals surface area contributed by atoms with E-state index in [9.17, 15) is 15.0 Å². The van der Waals surface area contributed by atoms with E-state index in [0.717, 1.165) is 5.56 Å². The third-order valence-corrected chi connectivity index (χ3v) is 3.15. The van der Waals surface area contributed by atoms with Gasteiger partial charge in [-0.15, -0.1) is 0 Å². The van der Waals surface area contributed by atoms with Crippen LogP contribution in [0.1, 0.15) is 41.1 Å². The van der Waals surface area contributed by atoms with Gasteiger partial charge in [-0.1, -0.05) is 0 Å². The Labute approximate surface area is 123 Å². The number of carbonyl (C=O) groups is 1. The molecule has 0 aliphatic rings. The number of rotatable bonds is 5. The highest BCUT2D eigenvalue weighted by Gasteiger charge is 2.17. The molecule has 0 radical (unpaired) electrons. The second-order valence-electron chi connectivity index (χ2n) is 5.20. The van der Waals surface area contributed by atoms with Crippen molar-refractivity contribution in [2.24, 2.45) is 0 Å². The highest BCUT2D eigenvalue weighted by atomic mass is 16.4. The van der Waals surface area contributed by atoms with Crippen molar-refractivity contribution in [3.8, 4) is 5.75 Å². The Bertz CT molecular complexity index is 586. The molecule has 1 heterocycles. The second-order valence-corrected chi connectivity index (χ2v) is 5.20. The van der Waals surface area contributed by atoms with Gasteiger partial charge in [-0.3, -0.25) is 4.79 Å². The molecule has 0 aliphatic heterocycles. The van der Waals surface area contributed by atoms with E-state index in [-0.39, 0.29) is 17.7 Å². The van der Waals surface area contributed by atoms with Crippen molar-refractivity contribution in [3.63, 3.8) is 0 Å². The van der Waals surface area contributed by atoms with Crippen LogP contribution in [-0.2, 0) is 0 Å². The van der Waals surface area contributed by atoms with Crippen molar-refractivity contribution in [3.05, 3.63) is 53.5 Å². The number of phenolic OH excluding ortho intramolecular Hbond substituents is 1. The maximum atomic E-state index is 12.1. The molecule has 0 aliphatic carbocycles. The number of hydrogen-bond acceptors (Lipinski definition) is 4. The van der Waals surface area contributed by atoms with Crippen LogP contribution in [0.5, 0.6) is 5.75 Å². The van der Waals surface area contributed by atoms with Crippen molar-refractivity contribution in [1.29, 1.82) is 0 Å². The number of furan rings is 1. The molecule has 21 heavy (non-hydrogen) atoms. The fourth-order valence-corrected chi connectivity index (χ4v) is 2.19. The van der Waals surface area contributed by atoms with E-state index in [4.69, 9.17) is 4.42 Å². The van der Waals surface area contributed by atoms with Crippen molar-refractivity contribution >= 4 is 5.91 Å². The van der Waals surface area contributed by atoms with Crippen LogP contribution < -0.4 is 5.32 Å². The van der Waals surface area contributed by atoms with Gasteiger partial charge in [0.15, 0.2) is 0 Å². The fourth-order valence-electron chi connectivity index (χ4n) is 2.19. The topological polar surface area (TPSA) is 82.7 Å². The summed E-state index contributed by atoms with van der Waals surface area (Å²) in [6.07, 6.45) is 1.08. The molecule has 5 heteroatoms. The van der Waals surface area contributed by atoms with Crippen LogP contribution in [0.25, 0.3) is 0 Å².